The van der Waals surface area contributed by atoms with Gasteiger partial charge >= 0.3 is 12.3 Å². The fourth-order valence-electron chi connectivity index (χ4n) is 3.57. The summed E-state index contributed by atoms with van der Waals surface area (Å²) < 4.78 is 53.9. The summed E-state index contributed by atoms with van der Waals surface area (Å²) >= 11 is 0. The highest BCUT2D eigenvalue weighted by Gasteiger charge is 2.37. The molecule has 0 radical (unpaired) electrons. The second kappa shape index (κ2) is 8.35. The van der Waals surface area contributed by atoms with Crippen molar-refractivity contribution in [1.82, 2.24) is 0 Å². The highest BCUT2D eigenvalue weighted by molar-refractivity contribution is 5.91. The van der Waals surface area contributed by atoms with E-state index in [0.717, 1.165) is 31.7 Å². The number of ether oxygens (including phenoxy) is 3. The number of hydrogen-bond acceptors (Lipinski definition) is 4. The molecule has 0 unspecified atom stereocenters. The molecule has 0 spiro atoms. The maximum atomic E-state index is 12.8. The minimum Gasteiger partial charge on any atom is -0.484 e. The lowest BCUT2D eigenvalue weighted by molar-refractivity contribution is -0.275. The summed E-state index contributed by atoms with van der Waals surface area (Å²) in [5, 5.41) is 0. The zero-order chi connectivity index (χ0) is 21.1. The standard InChI is InChI=1S/C22H23F3O4/c1-21(2,16-8-6-7-9-16)28-19-14-15(12-13-18(19)29-22(23,24)25)20(26)27-17-10-4-3-5-11-17/h3-5,10-14,16H,6-9H2,1-2H3. The van der Waals surface area contributed by atoms with Crippen LogP contribution in [0.5, 0.6) is 17.2 Å². The molecule has 0 N–H and O–H groups in total. The molecule has 1 aliphatic carbocycles. The zero-order valence-electron chi connectivity index (χ0n) is 16.3. The Morgan fingerprint density at radius 3 is 2.21 bits per heavy atom. The molecule has 0 aliphatic heterocycles. The fraction of sp³-hybridized carbons (Fsp3) is 0.409. The van der Waals surface area contributed by atoms with Crippen LogP contribution in [0.4, 0.5) is 13.2 Å². The number of rotatable bonds is 6. The van der Waals surface area contributed by atoms with Crippen LogP contribution >= 0.6 is 0 Å². The van der Waals surface area contributed by atoms with Gasteiger partial charge in [0, 0.05) is 0 Å². The summed E-state index contributed by atoms with van der Waals surface area (Å²) in [5.74, 6) is -0.775. The van der Waals surface area contributed by atoms with Crippen LogP contribution in [-0.2, 0) is 0 Å². The number of para-hydroxylation sites is 1. The molecule has 29 heavy (non-hydrogen) atoms. The molecular weight excluding hydrogens is 385 g/mol. The van der Waals surface area contributed by atoms with E-state index in [1.165, 1.54) is 12.1 Å². The third-order valence-corrected chi connectivity index (χ3v) is 5.07. The molecule has 0 heterocycles. The summed E-state index contributed by atoms with van der Waals surface area (Å²) in [6.07, 6.45) is -0.863. The van der Waals surface area contributed by atoms with Gasteiger partial charge in [0.05, 0.1) is 5.56 Å². The van der Waals surface area contributed by atoms with E-state index in [1.54, 1.807) is 30.3 Å². The van der Waals surface area contributed by atoms with Gasteiger partial charge in [-0.15, -0.1) is 13.2 Å². The van der Waals surface area contributed by atoms with Crippen LogP contribution in [0, 0.1) is 5.92 Å². The molecule has 0 atom stereocenters. The average molecular weight is 408 g/mol. The molecule has 7 heteroatoms. The SMILES string of the molecule is CC(C)(Oc1cc(C(=O)Oc2ccccc2)ccc1OC(F)(F)F)C1CCCC1. The van der Waals surface area contributed by atoms with Crippen molar-refractivity contribution in [3.63, 3.8) is 0 Å². The molecular formula is C22H23F3O4. The lowest BCUT2D eigenvalue weighted by atomic mass is 9.89. The molecule has 3 rings (SSSR count). The quantitative estimate of drug-likeness (QED) is 0.425. The number of alkyl halides is 3. The maximum absolute atomic E-state index is 12.8. The van der Waals surface area contributed by atoms with Crippen LogP contribution in [0.3, 0.4) is 0 Å². The first kappa shape index (κ1) is 21.0. The van der Waals surface area contributed by atoms with E-state index < -0.39 is 23.7 Å². The normalized spacial score (nSPS) is 15.2. The van der Waals surface area contributed by atoms with Crippen LogP contribution in [0.2, 0.25) is 0 Å². The number of halogens is 3. The predicted octanol–water partition coefficient (Wildman–Crippen LogP) is 6.15. The van der Waals surface area contributed by atoms with Gasteiger partial charge < -0.3 is 14.2 Å². The smallest absolute Gasteiger partial charge is 0.484 e. The van der Waals surface area contributed by atoms with E-state index in [9.17, 15) is 18.0 Å². The van der Waals surface area contributed by atoms with Gasteiger partial charge in [0.15, 0.2) is 11.5 Å². The first-order chi connectivity index (χ1) is 13.6. The Balaban J connectivity index is 1.87. The Morgan fingerprint density at radius 2 is 1.59 bits per heavy atom. The molecule has 1 aliphatic rings. The third kappa shape index (κ3) is 5.65. The van der Waals surface area contributed by atoms with Crippen LogP contribution < -0.4 is 14.2 Å². The summed E-state index contributed by atoms with van der Waals surface area (Å²) in [7, 11) is 0. The van der Waals surface area contributed by atoms with Gasteiger partial charge in [0.25, 0.3) is 0 Å². The van der Waals surface area contributed by atoms with Gasteiger partial charge in [-0.2, -0.15) is 0 Å². The summed E-state index contributed by atoms with van der Waals surface area (Å²) in [6.45, 7) is 3.69. The Kier molecular flexibility index (Phi) is 6.05. The van der Waals surface area contributed by atoms with Crippen LogP contribution in [0.25, 0.3) is 0 Å². The molecule has 2 aromatic rings. The summed E-state index contributed by atoms with van der Waals surface area (Å²) in [6, 6.07) is 12.0. The molecule has 1 fully saturated rings. The van der Waals surface area contributed by atoms with Crippen molar-refractivity contribution in [3.05, 3.63) is 54.1 Å². The minimum atomic E-state index is -4.87. The van der Waals surface area contributed by atoms with Gasteiger partial charge in [-0.1, -0.05) is 31.0 Å². The van der Waals surface area contributed by atoms with Gasteiger partial charge in [-0.25, -0.2) is 4.79 Å². The molecule has 2 aromatic carbocycles. The van der Waals surface area contributed by atoms with Gasteiger partial charge in [0.1, 0.15) is 11.4 Å². The Morgan fingerprint density at radius 1 is 0.931 bits per heavy atom. The number of hydrogen-bond donors (Lipinski definition) is 0. The minimum absolute atomic E-state index is 0.0700. The van der Waals surface area contributed by atoms with Crippen molar-refractivity contribution < 1.29 is 32.2 Å². The lowest BCUT2D eigenvalue weighted by Gasteiger charge is -2.33. The van der Waals surface area contributed by atoms with Crippen LogP contribution in [0.15, 0.2) is 48.5 Å². The van der Waals surface area contributed by atoms with Crippen molar-refractivity contribution in [2.75, 3.05) is 0 Å². The molecule has 0 bridgehead atoms. The fourth-order valence-corrected chi connectivity index (χ4v) is 3.57. The molecule has 0 saturated heterocycles. The highest BCUT2D eigenvalue weighted by Crippen LogP contribution is 2.41. The topological polar surface area (TPSA) is 44.8 Å². The van der Waals surface area contributed by atoms with Crippen LogP contribution in [0.1, 0.15) is 49.9 Å². The number of benzene rings is 2. The van der Waals surface area contributed by atoms with Crippen molar-refractivity contribution in [1.29, 1.82) is 0 Å². The van der Waals surface area contributed by atoms with Gasteiger partial charge in [0.2, 0.25) is 0 Å². The predicted molar refractivity (Wildman–Crippen MR) is 101 cm³/mol. The van der Waals surface area contributed by atoms with E-state index in [4.69, 9.17) is 9.47 Å². The molecule has 1 saturated carbocycles. The zero-order valence-corrected chi connectivity index (χ0v) is 16.3. The van der Waals surface area contributed by atoms with E-state index in [-0.39, 0.29) is 17.2 Å². The summed E-state index contributed by atoms with van der Waals surface area (Å²) in [5.41, 5.74) is -0.636. The maximum Gasteiger partial charge on any atom is 0.573 e. The van der Waals surface area contributed by atoms with Crippen molar-refractivity contribution >= 4 is 5.97 Å². The Labute approximate surface area is 167 Å². The average Bonchev–Trinajstić information content (AvgIpc) is 3.18. The molecule has 156 valence electrons. The van der Waals surface area contributed by atoms with Crippen LogP contribution in [-0.4, -0.2) is 17.9 Å². The number of esters is 1. The van der Waals surface area contributed by atoms with Crippen molar-refractivity contribution in [2.24, 2.45) is 5.92 Å². The first-order valence-electron chi connectivity index (χ1n) is 9.50. The summed E-state index contributed by atoms with van der Waals surface area (Å²) in [4.78, 5) is 12.4. The second-order valence-corrected chi connectivity index (χ2v) is 7.60. The van der Waals surface area contributed by atoms with Crippen molar-refractivity contribution in [3.8, 4) is 17.2 Å². The Hall–Kier alpha value is -2.70. The van der Waals surface area contributed by atoms with E-state index in [2.05, 4.69) is 4.74 Å². The van der Waals surface area contributed by atoms with E-state index in [0.29, 0.717) is 5.75 Å². The van der Waals surface area contributed by atoms with E-state index >= 15 is 0 Å². The largest absolute Gasteiger partial charge is 0.573 e. The molecule has 4 nitrogen and oxygen atoms in total. The number of carbonyl (C=O) groups is 1. The first-order valence-corrected chi connectivity index (χ1v) is 9.50. The lowest BCUT2D eigenvalue weighted by Crippen LogP contribution is -2.36. The second-order valence-electron chi connectivity index (χ2n) is 7.60. The molecule has 0 amide bonds. The molecule has 0 aromatic heterocycles. The van der Waals surface area contributed by atoms with Gasteiger partial charge in [-0.3, -0.25) is 0 Å². The highest BCUT2D eigenvalue weighted by atomic mass is 19.4. The van der Waals surface area contributed by atoms with Crippen molar-refractivity contribution in [2.45, 2.75) is 51.5 Å². The number of carbonyl (C=O) groups excluding carboxylic acids is 1. The van der Waals surface area contributed by atoms with E-state index in [1.807, 2.05) is 13.8 Å². The monoisotopic (exact) mass is 408 g/mol. The third-order valence-electron chi connectivity index (χ3n) is 5.07. The Bertz CT molecular complexity index is 841. The van der Waals surface area contributed by atoms with Gasteiger partial charge in [-0.05, 0) is 62.9 Å².